The second-order valence-corrected chi connectivity index (χ2v) is 4.38. The van der Waals surface area contributed by atoms with Crippen LogP contribution in [-0.2, 0) is 11.2 Å². The molecule has 19 heavy (non-hydrogen) atoms. The van der Waals surface area contributed by atoms with Crippen LogP contribution in [0.5, 0.6) is 11.5 Å². The third kappa shape index (κ3) is 3.59. The smallest absolute Gasteiger partial charge is 0.253 e. The van der Waals surface area contributed by atoms with Gasteiger partial charge in [-0.05, 0) is 24.1 Å². The Labute approximate surface area is 113 Å². The normalized spacial score (nSPS) is 11.9. The minimum atomic E-state index is -0.698. The van der Waals surface area contributed by atoms with Crippen molar-refractivity contribution >= 4 is 5.91 Å². The summed E-state index contributed by atoms with van der Waals surface area (Å²) in [6, 6.07) is 2.95. The molecule has 1 amide bonds. The van der Waals surface area contributed by atoms with Crippen molar-refractivity contribution in [3.63, 3.8) is 0 Å². The highest BCUT2D eigenvalue weighted by molar-refractivity contribution is 5.81. The molecule has 0 aliphatic rings. The van der Waals surface area contributed by atoms with Crippen LogP contribution in [-0.4, -0.2) is 38.2 Å². The Bertz CT molecular complexity index is 461. The van der Waals surface area contributed by atoms with Crippen LogP contribution in [0.2, 0.25) is 0 Å². The van der Waals surface area contributed by atoms with Gasteiger partial charge in [-0.1, -0.05) is 0 Å². The predicted molar refractivity (Wildman–Crippen MR) is 72.9 cm³/mol. The maximum atomic E-state index is 11.7. The van der Waals surface area contributed by atoms with Gasteiger partial charge in [-0.2, -0.15) is 0 Å². The van der Waals surface area contributed by atoms with Gasteiger partial charge < -0.3 is 15.2 Å². The Hall–Kier alpha value is -1.79. The van der Waals surface area contributed by atoms with Crippen LogP contribution in [0.25, 0.3) is 0 Å². The summed E-state index contributed by atoms with van der Waals surface area (Å²) in [6.07, 6.45) is 0.360. The number of carbonyl (C=O) groups is 1. The first-order valence-electron chi connectivity index (χ1n) is 5.90. The second-order valence-electron chi connectivity index (χ2n) is 4.38. The molecule has 1 rings (SSSR count). The lowest BCUT2D eigenvalue weighted by molar-refractivity contribution is -0.131. The number of benzene rings is 1. The number of hydrogen-bond donors (Lipinski definition) is 2. The Balaban J connectivity index is 3.03. The van der Waals surface area contributed by atoms with Crippen molar-refractivity contribution < 1.29 is 14.3 Å². The fourth-order valence-electron chi connectivity index (χ4n) is 1.88. The van der Waals surface area contributed by atoms with E-state index in [0.29, 0.717) is 17.9 Å². The van der Waals surface area contributed by atoms with Gasteiger partial charge in [0.25, 0.3) is 5.91 Å². The maximum absolute atomic E-state index is 11.7. The molecule has 0 heterocycles. The number of hydrazine groups is 1. The third-order valence-corrected chi connectivity index (χ3v) is 2.95. The standard InChI is InChI=1S/C13H21N3O3/c1-8-5-9(18-3)6-12(19-4)10(8)7-11(14)13(17)16(2)15/h5-6,11H,7,14-15H2,1-4H3. The van der Waals surface area contributed by atoms with Crippen molar-refractivity contribution in [3.05, 3.63) is 23.3 Å². The number of nitrogens with zero attached hydrogens (tertiary/aromatic N) is 1. The van der Waals surface area contributed by atoms with Gasteiger partial charge in [-0.25, -0.2) is 5.84 Å². The quantitative estimate of drug-likeness (QED) is 0.452. The van der Waals surface area contributed by atoms with E-state index in [1.54, 1.807) is 20.3 Å². The molecular weight excluding hydrogens is 246 g/mol. The van der Waals surface area contributed by atoms with Crippen LogP contribution in [0.3, 0.4) is 0 Å². The third-order valence-electron chi connectivity index (χ3n) is 2.95. The van der Waals surface area contributed by atoms with E-state index in [0.717, 1.165) is 16.1 Å². The molecule has 1 aromatic rings. The van der Waals surface area contributed by atoms with Crippen molar-refractivity contribution in [2.45, 2.75) is 19.4 Å². The van der Waals surface area contributed by atoms with Gasteiger partial charge in [-0.15, -0.1) is 0 Å². The molecule has 106 valence electrons. The molecule has 0 spiro atoms. The van der Waals surface area contributed by atoms with Crippen molar-refractivity contribution in [2.75, 3.05) is 21.3 Å². The molecule has 0 aliphatic heterocycles. The van der Waals surface area contributed by atoms with E-state index >= 15 is 0 Å². The summed E-state index contributed by atoms with van der Waals surface area (Å²) in [6.45, 7) is 1.92. The molecule has 1 unspecified atom stereocenters. The van der Waals surface area contributed by atoms with E-state index in [4.69, 9.17) is 21.1 Å². The van der Waals surface area contributed by atoms with Crippen LogP contribution < -0.4 is 21.1 Å². The van der Waals surface area contributed by atoms with Gasteiger partial charge in [-0.3, -0.25) is 9.80 Å². The average Bonchev–Trinajstić information content (AvgIpc) is 2.39. The number of ether oxygens (including phenoxy) is 2. The number of amides is 1. The molecule has 0 radical (unpaired) electrons. The summed E-state index contributed by atoms with van der Waals surface area (Å²) < 4.78 is 10.5. The monoisotopic (exact) mass is 267 g/mol. The minimum Gasteiger partial charge on any atom is -0.497 e. The molecule has 0 aliphatic carbocycles. The summed E-state index contributed by atoms with van der Waals surface area (Å²) in [7, 11) is 4.63. The topological polar surface area (TPSA) is 90.8 Å². The highest BCUT2D eigenvalue weighted by Crippen LogP contribution is 2.29. The number of hydrogen-bond acceptors (Lipinski definition) is 5. The Morgan fingerprint density at radius 3 is 2.47 bits per heavy atom. The molecule has 4 N–H and O–H groups in total. The fourth-order valence-corrected chi connectivity index (χ4v) is 1.88. The molecule has 6 heteroatoms. The lowest BCUT2D eigenvalue weighted by Crippen LogP contribution is -2.46. The molecule has 0 aromatic heterocycles. The lowest BCUT2D eigenvalue weighted by Gasteiger charge is -2.19. The molecule has 0 fully saturated rings. The first kappa shape index (κ1) is 15.3. The first-order valence-corrected chi connectivity index (χ1v) is 5.90. The zero-order chi connectivity index (χ0) is 14.6. The summed E-state index contributed by atoms with van der Waals surface area (Å²) in [5.74, 6) is 6.43. The van der Waals surface area contributed by atoms with Gasteiger partial charge in [0.15, 0.2) is 0 Å². The predicted octanol–water partition coefficient (Wildman–Crippen LogP) is 0.214. The number of likely N-dealkylation sites (N-methyl/N-ethyl adjacent to an activating group) is 1. The Morgan fingerprint density at radius 1 is 1.37 bits per heavy atom. The molecule has 0 saturated carbocycles. The molecule has 0 bridgehead atoms. The van der Waals surface area contributed by atoms with E-state index < -0.39 is 6.04 Å². The van der Waals surface area contributed by atoms with Gasteiger partial charge >= 0.3 is 0 Å². The highest BCUT2D eigenvalue weighted by Gasteiger charge is 2.20. The number of nitrogens with two attached hydrogens (primary N) is 2. The zero-order valence-electron chi connectivity index (χ0n) is 11.8. The zero-order valence-corrected chi connectivity index (χ0v) is 11.8. The van der Waals surface area contributed by atoms with Crippen LogP contribution >= 0.6 is 0 Å². The van der Waals surface area contributed by atoms with Crippen molar-refractivity contribution in [1.29, 1.82) is 0 Å². The van der Waals surface area contributed by atoms with E-state index in [2.05, 4.69) is 0 Å². The van der Waals surface area contributed by atoms with Gasteiger partial charge in [0, 0.05) is 19.5 Å². The summed E-state index contributed by atoms with van der Waals surface area (Å²) in [5.41, 5.74) is 7.69. The number of carbonyl (C=O) groups excluding carboxylic acids is 1. The van der Waals surface area contributed by atoms with Crippen molar-refractivity contribution in [1.82, 2.24) is 5.01 Å². The number of rotatable bonds is 5. The van der Waals surface area contributed by atoms with Crippen molar-refractivity contribution in [3.8, 4) is 11.5 Å². The van der Waals surface area contributed by atoms with Gasteiger partial charge in [0.2, 0.25) is 0 Å². The Kier molecular flexibility index (Phi) is 5.14. The highest BCUT2D eigenvalue weighted by atomic mass is 16.5. The van der Waals surface area contributed by atoms with Crippen LogP contribution in [0, 0.1) is 6.92 Å². The minimum absolute atomic E-state index is 0.322. The first-order chi connectivity index (χ1) is 8.90. The molecule has 0 saturated heterocycles. The maximum Gasteiger partial charge on any atom is 0.253 e. The van der Waals surface area contributed by atoms with E-state index in [-0.39, 0.29) is 5.91 Å². The largest absolute Gasteiger partial charge is 0.497 e. The Morgan fingerprint density at radius 2 is 2.00 bits per heavy atom. The molecule has 1 aromatic carbocycles. The summed E-state index contributed by atoms with van der Waals surface area (Å²) >= 11 is 0. The average molecular weight is 267 g/mol. The SMILES string of the molecule is COc1cc(C)c(CC(N)C(=O)N(C)N)c(OC)c1. The van der Waals surface area contributed by atoms with E-state index in [1.165, 1.54) is 7.05 Å². The van der Waals surface area contributed by atoms with E-state index in [1.807, 2.05) is 13.0 Å². The number of aryl methyl sites for hydroxylation is 1. The molecule has 6 nitrogen and oxygen atoms in total. The fraction of sp³-hybridized carbons (Fsp3) is 0.462. The van der Waals surface area contributed by atoms with Crippen LogP contribution in [0.4, 0.5) is 0 Å². The summed E-state index contributed by atoms with van der Waals surface area (Å²) in [5, 5.41) is 0.996. The van der Waals surface area contributed by atoms with Crippen LogP contribution in [0.1, 0.15) is 11.1 Å². The van der Waals surface area contributed by atoms with Crippen LogP contribution in [0.15, 0.2) is 12.1 Å². The van der Waals surface area contributed by atoms with Gasteiger partial charge in [0.05, 0.1) is 20.3 Å². The van der Waals surface area contributed by atoms with Gasteiger partial charge in [0.1, 0.15) is 11.5 Å². The second kappa shape index (κ2) is 6.40. The summed E-state index contributed by atoms with van der Waals surface area (Å²) in [4.78, 5) is 11.7. The van der Waals surface area contributed by atoms with Crippen molar-refractivity contribution in [2.24, 2.45) is 11.6 Å². The lowest BCUT2D eigenvalue weighted by atomic mass is 9.99. The number of methoxy groups -OCH3 is 2. The molecular formula is C13H21N3O3. The van der Waals surface area contributed by atoms with E-state index in [9.17, 15) is 4.79 Å². The molecule has 1 atom stereocenters.